The molecule has 0 bridgehead atoms. The van der Waals surface area contributed by atoms with E-state index >= 15 is 0 Å². The van der Waals surface area contributed by atoms with Gasteiger partial charge in [-0.2, -0.15) is 0 Å². The molecule has 0 atom stereocenters. The Labute approximate surface area is 160 Å². The first-order chi connectivity index (χ1) is 13.5. The van der Waals surface area contributed by atoms with Gasteiger partial charge in [-0.15, -0.1) is 0 Å². The van der Waals surface area contributed by atoms with Crippen molar-refractivity contribution in [1.82, 2.24) is 14.4 Å². The molecule has 3 aromatic rings. The Morgan fingerprint density at radius 1 is 0.929 bits per heavy atom. The number of hydrogen-bond donors (Lipinski definition) is 1. The van der Waals surface area contributed by atoms with E-state index in [1.54, 1.807) is 52.3 Å². The van der Waals surface area contributed by atoms with Gasteiger partial charge in [0.2, 0.25) is 5.91 Å². The molecule has 4 rings (SSSR count). The SMILES string of the molecule is O=C(Cn1c(=O)oc2ccccc21)N1CCN(C(=O)c2ccccc2O)CC1. The van der Waals surface area contributed by atoms with E-state index in [4.69, 9.17) is 4.42 Å². The molecular formula is C20H19N3O5. The molecule has 1 aliphatic heterocycles. The number of phenolic OH excluding ortho intramolecular Hbond substituents is 1. The molecule has 2 aromatic carbocycles. The van der Waals surface area contributed by atoms with Crippen molar-refractivity contribution in [3.8, 4) is 5.75 Å². The van der Waals surface area contributed by atoms with Crippen LogP contribution in [0.15, 0.2) is 57.7 Å². The van der Waals surface area contributed by atoms with Crippen LogP contribution in [0.1, 0.15) is 10.4 Å². The first-order valence-electron chi connectivity index (χ1n) is 8.98. The Morgan fingerprint density at radius 3 is 2.32 bits per heavy atom. The van der Waals surface area contributed by atoms with Crippen LogP contribution in [-0.2, 0) is 11.3 Å². The highest BCUT2D eigenvalue weighted by Crippen LogP contribution is 2.19. The first kappa shape index (κ1) is 17.8. The maximum absolute atomic E-state index is 12.6. The normalized spacial score (nSPS) is 14.4. The van der Waals surface area contributed by atoms with E-state index < -0.39 is 5.76 Å². The number of amides is 2. The van der Waals surface area contributed by atoms with Gasteiger partial charge in [0.15, 0.2) is 5.58 Å². The molecule has 8 nitrogen and oxygen atoms in total. The molecule has 0 saturated carbocycles. The average molecular weight is 381 g/mol. The van der Waals surface area contributed by atoms with Gasteiger partial charge < -0.3 is 19.3 Å². The maximum Gasteiger partial charge on any atom is 0.420 e. The summed E-state index contributed by atoms with van der Waals surface area (Å²) in [5.74, 6) is -1.09. The Bertz CT molecular complexity index is 1090. The van der Waals surface area contributed by atoms with E-state index in [1.807, 2.05) is 0 Å². The Hall–Kier alpha value is -3.55. The fourth-order valence-electron chi connectivity index (χ4n) is 3.38. The Morgan fingerprint density at radius 2 is 1.57 bits per heavy atom. The summed E-state index contributed by atoms with van der Waals surface area (Å²) in [4.78, 5) is 40.5. The lowest BCUT2D eigenvalue weighted by Gasteiger charge is -2.35. The number of oxazole rings is 1. The van der Waals surface area contributed by atoms with Crippen LogP contribution in [0.5, 0.6) is 5.75 Å². The molecular weight excluding hydrogens is 362 g/mol. The summed E-state index contributed by atoms with van der Waals surface area (Å²) >= 11 is 0. The number of nitrogens with zero attached hydrogens (tertiary/aromatic N) is 3. The third-order valence-corrected chi connectivity index (χ3v) is 4.92. The minimum Gasteiger partial charge on any atom is -0.507 e. The highest BCUT2D eigenvalue weighted by Gasteiger charge is 2.26. The zero-order valence-corrected chi connectivity index (χ0v) is 15.1. The fraction of sp³-hybridized carbons (Fsp3) is 0.250. The summed E-state index contributed by atoms with van der Waals surface area (Å²) in [5, 5.41) is 9.85. The van der Waals surface area contributed by atoms with Crippen LogP contribution in [0.25, 0.3) is 11.1 Å². The van der Waals surface area contributed by atoms with E-state index in [0.29, 0.717) is 37.3 Å². The number of carbonyl (C=O) groups excluding carboxylic acids is 2. The lowest BCUT2D eigenvalue weighted by Crippen LogP contribution is -2.51. The quantitative estimate of drug-likeness (QED) is 0.737. The van der Waals surface area contributed by atoms with Gasteiger partial charge in [-0.25, -0.2) is 4.79 Å². The summed E-state index contributed by atoms with van der Waals surface area (Å²) in [6.07, 6.45) is 0. The average Bonchev–Trinajstić information content (AvgIpc) is 3.03. The lowest BCUT2D eigenvalue weighted by molar-refractivity contribution is -0.133. The number of phenols is 1. The molecule has 8 heteroatoms. The van der Waals surface area contributed by atoms with E-state index in [0.717, 1.165) is 0 Å². The topological polar surface area (TPSA) is 96.0 Å². The van der Waals surface area contributed by atoms with E-state index in [9.17, 15) is 19.5 Å². The van der Waals surface area contributed by atoms with E-state index in [1.165, 1.54) is 10.6 Å². The fourth-order valence-corrected chi connectivity index (χ4v) is 3.38. The second-order valence-corrected chi connectivity index (χ2v) is 6.61. The van der Waals surface area contributed by atoms with Gasteiger partial charge in [-0.3, -0.25) is 14.2 Å². The van der Waals surface area contributed by atoms with Gasteiger partial charge in [0.1, 0.15) is 12.3 Å². The van der Waals surface area contributed by atoms with Gasteiger partial charge in [0, 0.05) is 26.2 Å². The second kappa shape index (κ2) is 7.22. The summed E-state index contributed by atoms with van der Waals surface area (Å²) < 4.78 is 6.47. The molecule has 1 aliphatic rings. The number of rotatable bonds is 3. The van der Waals surface area contributed by atoms with E-state index in [2.05, 4.69) is 0 Å². The zero-order chi connectivity index (χ0) is 19.7. The highest BCUT2D eigenvalue weighted by atomic mass is 16.4. The van der Waals surface area contributed by atoms with E-state index in [-0.39, 0.29) is 29.7 Å². The van der Waals surface area contributed by atoms with Crippen molar-refractivity contribution in [1.29, 1.82) is 0 Å². The second-order valence-electron chi connectivity index (χ2n) is 6.61. The summed E-state index contributed by atoms with van der Waals surface area (Å²) in [7, 11) is 0. The largest absolute Gasteiger partial charge is 0.507 e. The van der Waals surface area contributed by atoms with Crippen molar-refractivity contribution in [3.63, 3.8) is 0 Å². The van der Waals surface area contributed by atoms with Crippen molar-refractivity contribution in [2.75, 3.05) is 26.2 Å². The Kier molecular flexibility index (Phi) is 4.60. The van der Waals surface area contributed by atoms with Crippen molar-refractivity contribution >= 4 is 22.9 Å². The smallest absolute Gasteiger partial charge is 0.420 e. The van der Waals surface area contributed by atoms with Crippen LogP contribution < -0.4 is 5.76 Å². The number of benzene rings is 2. The molecule has 1 N–H and O–H groups in total. The summed E-state index contributed by atoms with van der Waals surface area (Å²) in [6.45, 7) is 1.34. The van der Waals surface area contributed by atoms with Crippen LogP contribution in [0, 0.1) is 0 Å². The molecule has 1 saturated heterocycles. The lowest BCUT2D eigenvalue weighted by atomic mass is 10.1. The van der Waals surface area contributed by atoms with Gasteiger partial charge in [-0.05, 0) is 24.3 Å². The van der Waals surface area contributed by atoms with Gasteiger partial charge in [0.05, 0.1) is 11.1 Å². The molecule has 0 aliphatic carbocycles. The van der Waals surface area contributed by atoms with Crippen molar-refractivity contribution in [2.24, 2.45) is 0 Å². The number of aromatic hydroxyl groups is 1. The van der Waals surface area contributed by atoms with Crippen molar-refractivity contribution < 1.29 is 19.1 Å². The minimum absolute atomic E-state index is 0.0581. The molecule has 144 valence electrons. The number of para-hydroxylation sites is 3. The summed E-state index contributed by atoms with van der Waals surface area (Å²) in [6, 6.07) is 13.4. The molecule has 28 heavy (non-hydrogen) atoms. The number of piperazine rings is 1. The number of hydrogen-bond acceptors (Lipinski definition) is 5. The number of aromatic nitrogens is 1. The van der Waals surface area contributed by atoms with Crippen molar-refractivity contribution in [3.05, 3.63) is 64.6 Å². The summed E-state index contributed by atoms with van der Waals surface area (Å²) in [5.41, 5.74) is 1.27. The molecule has 0 unspecified atom stereocenters. The van der Waals surface area contributed by atoms with Gasteiger partial charge in [-0.1, -0.05) is 24.3 Å². The predicted octanol–water partition coefficient (Wildman–Crippen LogP) is 1.28. The standard InChI is InChI=1S/C20H19N3O5/c24-16-7-3-1-5-14(16)19(26)22-11-9-21(10-12-22)18(25)13-23-15-6-2-4-8-17(15)28-20(23)27/h1-8,24H,9-13H2. The van der Waals surface area contributed by atoms with Crippen LogP contribution in [0.2, 0.25) is 0 Å². The maximum atomic E-state index is 12.6. The highest BCUT2D eigenvalue weighted by molar-refractivity contribution is 5.97. The molecule has 1 fully saturated rings. The van der Waals surface area contributed by atoms with Crippen LogP contribution >= 0.6 is 0 Å². The molecule has 2 amide bonds. The first-order valence-corrected chi connectivity index (χ1v) is 8.98. The minimum atomic E-state index is -0.567. The van der Waals surface area contributed by atoms with Gasteiger partial charge in [0.25, 0.3) is 5.91 Å². The number of fused-ring (bicyclic) bond motifs is 1. The third kappa shape index (κ3) is 3.24. The molecule has 1 aromatic heterocycles. The zero-order valence-electron chi connectivity index (χ0n) is 15.1. The monoisotopic (exact) mass is 381 g/mol. The van der Waals surface area contributed by atoms with Crippen LogP contribution in [-0.4, -0.2) is 57.5 Å². The molecule has 2 heterocycles. The number of carbonyl (C=O) groups is 2. The van der Waals surface area contributed by atoms with Crippen molar-refractivity contribution in [2.45, 2.75) is 6.54 Å². The van der Waals surface area contributed by atoms with Crippen LogP contribution in [0.4, 0.5) is 0 Å². The molecule has 0 radical (unpaired) electrons. The van der Waals surface area contributed by atoms with Gasteiger partial charge >= 0.3 is 5.76 Å². The predicted molar refractivity (Wildman–Crippen MR) is 101 cm³/mol. The Balaban J connectivity index is 1.42. The van der Waals surface area contributed by atoms with Crippen LogP contribution in [0.3, 0.4) is 0 Å². The third-order valence-electron chi connectivity index (χ3n) is 4.92. The molecule has 0 spiro atoms.